The normalized spacial score (nSPS) is 17.3. The van der Waals surface area contributed by atoms with Gasteiger partial charge in [0.15, 0.2) is 5.13 Å². The third-order valence-electron chi connectivity index (χ3n) is 4.88. The monoisotopic (exact) mass is 416 g/mol. The van der Waals surface area contributed by atoms with E-state index < -0.39 is 0 Å². The van der Waals surface area contributed by atoms with Crippen molar-refractivity contribution in [1.82, 2.24) is 4.98 Å². The van der Waals surface area contributed by atoms with Gasteiger partial charge in [0.1, 0.15) is 0 Å². The Hall–Kier alpha value is -1.24. The molecule has 0 radical (unpaired) electrons. The molecule has 3 nitrogen and oxygen atoms in total. The van der Waals surface area contributed by atoms with Crippen LogP contribution in [0.5, 0.6) is 0 Å². The highest BCUT2D eigenvalue weighted by Gasteiger charge is 2.24. The van der Waals surface area contributed by atoms with Gasteiger partial charge in [-0.1, -0.05) is 18.2 Å². The molecule has 0 saturated carbocycles. The first-order valence-electron chi connectivity index (χ1n) is 9.51. The van der Waals surface area contributed by atoms with Crippen LogP contribution in [0.4, 0.5) is 5.13 Å². The second-order valence-electron chi connectivity index (χ2n) is 6.83. The zero-order chi connectivity index (χ0) is 18.6. The van der Waals surface area contributed by atoms with Gasteiger partial charge in [0.2, 0.25) is 0 Å². The smallest absolute Gasteiger partial charge is 0.260 e. The van der Waals surface area contributed by atoms with Crippen molar-refractivity contribution in [2.45, 2.75) is 36.7 Å². The third kappa shape index (κ3) is 4.28. The molecule has 1 aliphatic carbocycles. The molecule has 2 heterocycles. The largest absolute Gasteiger partial charge is 0.280 e. The van der Waals surface area contributed by atoms with Crippen LogP contribution in [0.1, 0.15) is 50.3 Å². The van der Waals surface area contributed by atoms with Crippen LogP contribution >= 0.6 is 34.9 Å². The minimum absolute atomic E-state index is 0.0106. The van der Waals surface area contributed by atoms with Crippen LogP contribution in [0.15, 0.2) is 36.9 Å². The second kappa shape index (κ2) is 8.84. The molecule has 6 heteroatoms. The molecule has 0 bridgehead atoms. The molecule has 2 aliphatic rings. The van der Waals surface area contributed by atoms with Crippen LogP contribution in [-0.2, 0) is 12.8 Å². The average Bonchev–Trinajstić information content (AvgIpc) is 3.16. The standard InChI is InChI=1S/C21H24N2OS3/c1-2-12-23(21-22-17-6-3-4-7-18(17)27-21)19(24)15-8-10-16(11-9-15)20-25-13-5-14-26-20/h2,8-11,20H,1,3-7,12-14H2. The van der Waals surface area contributed by atoms with E-state index in [1.54, 1.807) is 22.3 Å². The van der Waals surface area contributed by atoms with Crippen LogP contribution < -0.4 is 4.90 Å². The van der Waals surface area contributed by atoms with Crippen molar-refractivity contribution in [3.8, 4) is 0 Å². The molecular formula is C21H24N2OS3. The van der Waals surface area contributed by atoms with Crippen LogP contribution in [0.2, 0.25) is 0 Å². The molecule has 2 aromatic rings. The van der Waals surface area contributed by atoms with Gasteiger partial charge in [0, 0.05) is 17.0 Å². The number of hydrogen-bond donors (Lipinski definition) is 0. The third-order valence-corrected chi connectivity index (χ3v) is 9.07. The highest BCUT2D eigenvalue weighted by atomic mass is 32.2. The maximum Gasteiger partial charge on any atom is 0.260 e. The average molecular weight is 417 g/mol. The van der Waals surface area contributed by atoms with E-state index in [1.165, 1.54) is 46.9 Å². The van der Waals surface area contributed by atoms with E-state index in [2.05, 4.69) is 18.7 Å². The van der Waals surface area contributed by atoms with Gasteiger partial charge in [0.05, 0.1) is 10.3 Å². The molecule has 0 unspecified atom stereocenters. The van der Waals surface area contributed by atoms with E-state index in [1.807, 2.05) is 35.7 Å². The summed E-state index contributed by atoms with van der Waals surface area (Å²) in [5.74, 6) is 2.46. The number of benzene rings is 1. The topological polar surface area (TPSA) is 33.2 Å². The van der Waals surface area contributed by atoms with Crippen LogP contribution in [-0.4, -0.2) is 28.9 Å². The van der Waals surface area contributed by atoms with Crippen molar-refractivity contribution in [2.75, 3.05) is 23.0 Å². The van der Waals surface area contributed by atoms with E-state index in [4.69, 9.17) is 4.98 Å². The van der Waals surface area contributed by atoms with Crippen molar-refractivity contribution in [3.05, 3.63) is 58.6 Å². The Kier molecular flexibility index (Phi) is 6.25. The fourth-order valence-corrected chi connectivity index (χ4v) is 7.50. The lowest BCUT2D eigenvalue weighted by Crippen LogP contribution is -2.31. The van der Waals surface area contributed by atoms with Gasteiger partial charge < -0.3 is 0 Å². The number of aryl methyl sites for hydroxylation is 2. The summed E-state index contributed by atoms with van der Waals surface area (Å²) in [5, 5.41) is 0.814. The van der Waals surface area contributed by atoms with Crippen LogP contribution in [0.25, 0.3) is 0 Å². The highest BCUT2D eigenvalue weighted by molar-refractivity contribution is 8.16. The van der Waals surface area contributed by atoms with E-state index in [0.29, 0.717) is 11.1 Å². The SMILES string of the molecule is C=CCN(C(=O)c1ccc(C2SCCCS2)cc1)c1nc2c(s1)CCCC2. The quantitative estimate of drug-likeness (QED) is 0.583. The Morgan fingerprint density at radius 1 is 1.15 bits per heavy atom. The molecular weight excluding hydrogens is 392 g/mol. The number of carbonyl (C=O) groups excluding carboxylic acids is 1. The number of hydrogen-bond acceptors (Lipinski definition) is 5. The molecule has 4 rings (SSSR count). The van der Waals surface area contributed by atoms with Crippen molar-refractivity contribution in [2.24, 2.45) is 0 Å². The molecule has 0 spiro atoms. The zero-order valence-electron chi connectivity index (χ0n) is 15.4. The van der Waals surface area contributed by atoms with Crippen molar-refractivity contribution >= 4 is 45.9 Å². The molecule has 142 valence electrons. The summed E-state index contributed by atoms with van der Waals surface area (Å²) in [7, 11) is 0. The predicted octanol–water partition coefficient (Wildman–Crippen LogP) is 5.72. The number of fused-ring (bicyclic) bond motifs is 1. The summed E-state index contributed by atoms with van der Waals surface area (Å²) < 4.78 is 0.498. The van der Waals surface area contributed by atoms with Gasteiger partial charge in [-0.3, -0.25) is 9.69 Å². The Labute approximate surface area is 173 Å². The number of thioether (sulfide) groups is 2. The molecule has 1 aromatic heterocycles. The molecule has 1 fully saturated rings. The lowest BCUT2D eigenvalue weighted by atomic mass is 10.0. The van der Waals surface area contributed by atoms with Gasteiger partial charge in [-0.25, -0.2) is 4.98 Å². The molecule has 0 N–H and O–H groups in total. The molecule has 1 aliphatic heterocycles. The first-order valence-corrected chi connectivity index (χ1v) is 12.4. The summed E-state index contributed by atoms with van der Waals surface area (Å²) >= 11 is 5.68. The fraction of sp³-hybridized carbons (Fsp3) is 0.429. The minimum Gasteiger partial charge on any atom is -0.280 e. The fourth-order valence-electron chi connectivity index (χ4n) is 3.45. The van der Waals surface area contributed by atoms with Gasteiger partial charge >= 0.3 is 0 Å². The lowest BCUT2D eigenvalue weighted by molar-refractivity contribution is 0.0989. The van der Waals surface area contributed by atoms with Gasteiger partial charge in [-0.15, -0.1) is 41.4 Å². The number of aromatic nitrogens is 1. The molecule has 1 amide bonds. The van der Waals surface area contributed by atoms with Gasteiger partial charge in [-0.2, -0.15) is 0 Å². The summed E-state index contributed by atoms with van der Waals surface area (Å²) in [5.41, 5.74) is 3.21. The maximum atomic E-state index is 13.2. The summed E-state index contributed by atoms with van der Waals surface area (Å²) in [6, 6.07) is 8.17. The van der Waals surface area contributed by atoms with E-state index >= 15 is 0 Å². The first kappa shape index (κ1) is 19.1. The Morgan fingerprint density at radius 2 is 1.89 bits per heavy atom. The number of thiazole rings is 1. The molecule has 27 heavy (non-hydrogen) atoms. The van der Waals surface area contributed by atoms with Crippen LogP contribution in [0, 0.1) is 0 Å². The van der Waals surface area contributed by atoms with Crippen molar-refractivity contribution in [3.63, 3.8) is 0 Å². The van der Waals surface area contributed by atoms with E-state index in [-0.39, 0.29) is 5.91 Å². The number of rotatable bonds is 5. The molecule has 1 aromatic carbocycles. The van der Waals surface area contributed by atoms with Crippen LogP contribution in [0.3, 0.4) is 0 Å². The first-order chi connectivity index (χ1) is 13.3. The van der Waals surface area contributed by atoms with E-state index in [9.17, 15) is 4.79 Å². The number of amides is 1. The summed E-state index contributed by atoms with van der Waals surface area (Å²) in [6.45, 7) is 4.32. The van der Waals surface area contributed by atoms with Gasteiger partial charge in [-0.05, 0) is 61.3 Å². The Bertz CT molecular complexity index is 786. The summed E-state index contributed by atoms with van der Waals surface area (Å²) in [4.78, 5) is 21.1. The van der Waals surface area contributed by atoms with Crippen molar-refractivity contribution in [1.29, 1.82) is 0 Å². The lowest BCUT2D eigenvalue weighted by Gasteiger charge is -2.22. The number of carbonyl (C=O) groups is 1. The highest BCUT2D eigenvalue weighted by Crippen LogP contribution is 2.43. The second-order valence-corrected chi connectivity index (χ2v) is 10.6. The Morgan fingerprint density at radius 3 is 2.59 bits per heavy atom. The summed E-state index contributed by atoms with van der Waals surface area (Å²) in [6.07, 6.45) is 7.62. The number of anilines is 1. The van der Waals surface area contributed by atoms with Gasteiger partial charge in [0.25, 0.3) is 5.91 Å². The molecule has 1 saturated heterocycles. The predicted molar refractivity (Wildman–Crippen MR) is 119 cm³/mol. The Balaban J connectivity index is 1.54. The number of nitrogens with zero attached hydrogens (tertiary/aromatic N) is 2. The van der Waals surface area contributed by atoms with Crippen molar-refractivity contribution < 1.29 is 4.79 Å². The zero-order valence-corrected chi connectivity index (χ0v) is 17.8. The maximum absolute atomic E-state index is 13.2. The van der Waals surface area contributed by atoms with E-state index in [0.717, 1.165) is 23.5 Å². The molecule has 0 atom stereocenters. The minimum atomic E-state index is 0.0106.